The highest BCUT2D eigenvalue weighted by molar-refractivity contribution is 6.02. The summed E-state index contributed by atoms with van der Waals surface area (Å²) in [5.74, 6) is 2.08. The topological polar surface area (TPSA) is 67.3 Å². The molecule has 24 heavy (non-hydrogen) atoms. The number of rotatable bonds is 4. The molecule has 1 aliphatic heterocycles. The van der Waals surface area contributed by atoms with Crippen molar-refractivity contribution in [3.05, 3.63) is 42.1 Å². The fourth-order valence-corrected chi connectivity index (χ4v) is 2.72. The second-order valence-corrected chi connectivity index (χ2v) is 6.13. The molecule has 0 atom stereocenters. The van der Waals surface area contributed by atoms with Crippen LogP contribution in [-0.4, -0.2) is 36.3 Å². The number of methoxy groups -OCH3 is 1. The van der Waals surface area contributed by atoms with E-state index in [1.54, 1.807) is 37.4 Å². The number of benzene rings is 1. The highest BCUT2D eigenvalue weighted by Gasteiger charge is 2.18. The molecule has 2 heterocycles. The van der Waals surface area contributed by atoms with E-state index in [1.807, 2.05) is 6.07 Å². The van der Waals surface area contributed by atoms with Gasteiger partial charge in [0.25, 0.3) is 5.91 Å². The van der Waals surface area contributed by atoms with E-state index in [9.17, 15) is 4.79 Å². The monoisotopic (exact) mass is 326 g/mol. The lowest BCUT2D eigenvalue weighted by atomic mass is 9.99. The maximum Gasteiger partial charge on any atom is 0.276 e. The van der Waals surface area contributed by atoms with Crippen LogP contribution in [0.4, 0.5) is 11.5 Å². The third-order valence-electron chi connectivity index (χ3n) is 4.34. The van der Waals surface area contributed by atoms with Gasteiger partial charge < -0.3 is 15.0 Å². The molecule has 126 valence electrons. The van der Waals surface area contributed by atoms with Crippen molar-refractivity contribution in [2.75, 3.05) is 30.4 Å². The van der Waals surface area contributed by atoms with Crippen LogP contribution >= 0.6 is 0 Å². The second-order valence-electron chi connectivity index (χ2n) is 6.13. The number of ether oxygens (including phenoxy) is 1. The largest absolute Gasteiger partial charge is 0.497 e. The number of hydrogen-bond donors (Lipinski definition) is 1. The number of carbonyl (C=O) groups excluding carboxylic acids is 1. The van der Waals surface area contributed by atoms with Gasteiger partial charge in [0, 0.05) is 18.8 Å². The number of nitrogens with one attached hydrogen (secondary N) is 1. The first-order valence-corrected chi connectivity index (χ1v) is 8.20. The van der Waals surface area contributed by atoms with Crippen molar-refractivity contribution < 1.29 is 9.53 Å². The van der Waals surface area contributed by atoms with Crippen molar-refractivity contribution in [3.63, 3.8) is 0 Å². The number of aromatic nitrogens is 2. The van der Waals surface area contributed by atoms with E-state index in [2.05, 4.69) is 27.3 Å². The zero-order valence-corrected chi connectivity index (χ0v) is 14.0. The smallest absolute Gasteiger partial charge is 0.276 e. The zero-order chi connectivity index (χ0) is 16.9. The van der Waals surface area contributed by atoms with Crippen molar-refractivity contribution in [1.29, 1.82) is 0 Å². The average molecular weight is 326 g/mol. The molecule has 3 rings (SSSR count). The second kappa shape index (κ2) is 7.29. The summed E-state index contributed by atoms with van der Waals surface area (Å²) in [6.45, 7) is 4.26. The molecule has 1 saturated heterocycles. The Morgan fingerprint density at radius 3 is 2.42 bits per heavy atom. The maximum absolute atomic E-state index is 12.2. The Morgan fingerprint density at radius 2 is 1.83 bits per heavy atom. The molecule has 0 aliphatic carbocycles. The van der Waals surface area contributed by atoms with Crippen LogP contribution in [0.3, 0.4) is 0 Å². The number of amides is 1. The molecular weight excluding hydrogens is 304 g/mol. The Hall–Kier alpha value is -2.63. The van der Waals surface area contributed by atoms with Crippen LogP contribution in [0.1, 0.15) is 30.3 Å². The average Bonchev–Trinajstić information content (AvgIpc) is 2.63. The summed E-state index contributed by atoms with van der Waals surface area (Å²) < 4.78 is 5.10. The van der Waals surface area contributed by atoms with E-state index in [-0.39, 0.29) is 5.91 Å². The van der Waals surface area contributed by atoms with Crippen molar-refractivity contribution in [3.8, 4) is 5.75 Å². The fourth-order valence-electron chi connectivity index (χ4n) is 2.72. The first-order chi connectivity index (χ1) is 11.7. The Labute approximate surface area is 141 Å². The number of piperidine rings is 1. The minimum atomic E-state index is -0.272. The van der Waals surface area contributed by atoms with Gasteiger partial charge >= 0.3 is 0 Å². The highest BCUT2D eigenvalue weighted by Crippen LogP contribution is 2.21. The predicted molar refractivity (Wildman–Crippen MR) is 93.6 cm³/mol. The number of carbonyl (C=O) groups is 1. The van der Waals surface area contributed by atoms with Gasteiger partial charge in [-0.2, -0.15) is 0 Å². The zero-order valence-electron chi connectivity index (χ0n) is 14.0. The number of hydrogen-bond acceptors (Lipinski definition) is 5. The standard InChI is InChI=1S/C18H22N4O2/c1-13-9-11-22(12-10-13)17-8-7-16(20-21-17)18(23)19-14-3-5-15(24-2)6-4-14/h3-8,13H,9-12H2,1-2H3,(H,19,23). The Kier molecular flexibility index (Phi) is 4.93. The normalized spacial score (nSPS) is 15.2. The molecule has 6 heteroatoms. The van der Waals surface area contributed by atoms with Gasteiger partial charge in [-0.15, -0.1) is 10.2 Å². The lowest BCUT2D eigenvalue weighted by Crippen LogP contribution is -2.33. The molecule has 6 nitrogen and oxygen atoms in total. The molecule has 1 fully saturated rings. The van der Waals surface area contributed by atoms with Gasteiger partial charge in [0.15, 0.2) is 11.5 Å². The van der Waals surface area contributed by atoms with Crippen molar-refractivity contribution in [1.82, 2.24) is 10.2 Å². The van der Waals surface area contributed by atoms with E-state index in [0.717, 1.165) is 30.6 Å². The molecule has 0 spiro atoms. The van der Waals surface area contributed by atoms with E-state index < -0.39 is 0 Å². The van der Waals surface area contributed by atoms with Crippen LogP contribution in [0.15, 0.2) is 36.4 Å². The molecule has 0 radical (unpaired) electrons. The van der Waals surface area contributed by atoms with Crippen LogP contribution in [-0.2, 0) is 0 Å². The Bertz CT molecular complexity index is 677. The minimum Gasteiger partial charge on any atom is -0.497 e. The van der Waals surface area contributed by atoms with Crippen LogP contribution < -0.4 is 15.0 Å². The van der Waals surface area contributed by atoms with Crippen molar-refractivity contribution >= 4 is 17.4 Å². The van der Waals surface area contributed by atoms with E-state index in [0.29, 0.717) is 11.4 Å². The molecule has 0 unspecified atom stereocenters. The van der Waals surface area contributed by atoms with Crippen LogP contribution in [0.25, 0.3) is 0 Å². The molecule has 2 aromatic rings. The van der Waals surface area contributed by atoms with Gasteiger partial charge in [0.2, 0.25) is 0 Å². The van der Waals surface area contributed by atoms with Gasteiger partial charge in [-0.1, -0.05) is 6.92 Å². The molecule has 0 bridgehead atoms. The SMILES string of the molecule is COc1ccc(NC(=O)c2ccc(N3CCC(C)CC3)nn2)cc1. The lowest BCUT2D eigenvalue weighted by Gasteiger charge is -2.30. The molecule has 0 saturated carbocycles. The predicted octanol–water partition coefficient (Wildman–Crippen LogP) is 2.97. The first kappa shape index (κ1) is 16.2. The fraction of sp³-hybridized carbons (Fsp3) is 0.389. The maximum atomic E-state index is 12.2. The summed E-state index contributed by atoms with van der Waals surface area (Å²) in [7, 11) is 1.60. The summed E-state index contributed by atoms with van der Waals surface area (Å²) in [6, 6.07) is 10.7. The Morgan fingerprint density at radius 1 is 1.12 bits per heavy atom. The van der Waals surface area contributed by atoms with Crippen molar-refractivity contribution in [2.24, 2.45) is 5.92 Å². The molecule has 1 aliphatic rings. The van der Waals surface area contributed by atoms with Gasteiger partial charge in [-0.25, -0.2) is 0 Å². The minimum absolute atomic E-state index is 0.272. The van der Waals surface area contributed by atoms with Crippen LogP contribution in [0.5, 0.6) is 5.75 Å². The number of anilines is 2. The van der Waals surface area contributed by atoms with E-state index in [1.165, 1.54) is 12.8 Å². The molecule has 1 N–H and O–H groups in total. The third kappa shape index (κ3) is 3.82. The molecule has 1 amide bonds. The van der Waals surface area contributed by atoms with Crippen molar-refractivity contribution in [2.45, 2.75) is 19.8 Å². The molecule has 1 aromatic heterocycles. The van der Waals surface area contributed by atoms with Gasteiger partial charge in [0.05, 0.1) is 7.11 Å². The van der Waals surface area contributed by atoms with Crippen LogP contribution in [0, 0.1) is 5.92 Å². The first-order valence-electron chi connectivity index (χ1n) is 8.20. The molecular formula is C18H22N4O2. The summed E-state index contributed by atoms with van der Waals surface area (Å²) in [6.07, 6.45) is 2.34. The van der Waals surface area contributed by atoms with Gasteiger partial charge in [-0.05, 0) is 55.2 Å². The summed E-state index contributed by atoms with van der Waals surface area (Å²) in [5.41, 5.74) is 0.997. The van der Waals surface area contributed by atoms with Crippen LogP contribution in [0.2, 0.25) is 0 Å². The summed E-state index contributed by atoms with van der Waals surface area (Å²) in [4.78, 5) is 14.5. The van der Waals surface area contributed by atoms with Gasteiger partial charge in [0.1, 0.15) is 5.75 Å². The van der Waals surface area contributed by atoms with Gasteiger partial charge in [-0.3, -0.25) is 4.79 Å². The lowest BCUT2D eigenvalue weighted by molar-refractivity contribution is 0.102. The summed E-state index contributed by atoms with van der Waals surface area (Å²) in [5, 5.41) is 11.1. The quantitative estimate of drug-likeness (QED) is 0.935. The van der Waals surface area contributed by atoms with E-state index >= 15 is 0 Å². The van der Waals surface area contributed by atoms with E-state index in [4.69, 9.17) is 4.74 Å². The highest BCUT2D eigenvalue weighted by atomic mass is 16.5. The Balaban J connectivity index is 1.62. The third-order valence-corrected chi connectivity index (χ3v) is 4.34. The number of nitrogens with zero attached hydrogens (tertiary/aromatic N) is 3. The molecule has 1 aromatic carbocycles. The summed E-state index contributed by atoms with van der Waals surface area (Å²) >= 11 is 0.